The molecule has 10 heteroatoms. The molecule has 30 heavy (non-hydrogen) atoms. The molecule has 3 heterocycles. The Morgan fingerprint density at radius 1 is 1.43 bits per heavy atom. The molecule has 2 aliphatic carbocycles. The highest BCUT2D eigenvalue weighted by Gasteiger charge is 2.71. The van der Waals surface area contributed by atoms with Crippen LogP contribution in [-0.4, -0.2) is 54.4 Å². The number of aliphatic hydroxyl groups is 1. The van der Waals surface area contributed by atoms with E-state index < -0.39 is 23.3 Å². The maximum atomic E-state index is 12.5. The van der Waals surface area contributed by atoms with Crippen molar-refractivity contribution in [3.63, 3.8) is 0 Å². The number of pyridine rings is 1. The summed E-state index contributed by atoms with van der Waals surface area (Å²) in [7, 11) is 0. The summed E-state index contributed by atoms with van der Waals surface area (Å²) < 4.78 is 7.65. The number of hydrogen-bond acceptors (Lipinski definition) is 7. The van der Waals surface area contributed by atoms with Crippen molar-refractivity contribution in [3.8, 4) is 0 Å². The predicted molar refractivity (Wildman–Crippen MR) is 108 cm³/mol. The fourth-order valence-electron chi connectivity index (χ4n) is 5.25. The fraction of sp³-hybridized carbons (Fsp3) is 0.600. The number of fused-ring (bicyclic) bond motifs is 4. The van der Waals surface area contributed by atoms with Crippen LogP contribution in [0.5, 0.6) is 0 Å². The minimum atomic E-state index is -1.41. The Morgan fingerprint density at radius 3 is 2.83 bits per heavy atom. The van der Waals surface area contributed by atoms with E-state index in [1.807, 2.05) is 6.92 Å². The van der Waals surface area contributed by atoms with Crippen molar-refractivity contribution in [3.05, 3.63) is 17.0 Å². The number of carboxylic acid groups (broad SMARTS) is 1. The van der Waals surface area contributed by atoms with Crippen LogP contribution in [0.25, 0.3) is 11.2 Å². The number of hydrogen-bond donors (Lipinski definition) is 3. The molecule has 1 aliphatic heterocycles. The Kier molecular flexibility index (Phi) is 4.04. The molecule has 3 N–H and O–H groups in total. The summed E-state index contributed by atoms with van der Waals surface area (Å²) in [6, 6.07) is -0.423. The van der Waals surface area contributed by atoms with E-state index in [9.17, 15) is 19.8 Å². The summed E-state index contributed by atoms with van der Waals surface area (Å²) in [6.45, 7) is 4.96. The lowest BCUT2D eigenvalue weighted by Gasteiger charge is -2.30. The normalized spacial score (nSPS) is 32.6. The molecule has 3 aliphatic rings. The number of Topliss-reactive ketones (excluding diaryl/α,β-unsaturated/α-hetero) is 1. The van der Waals surface area contributed by atoms with Gasteiger partial charge >= 0.3 is 5.97 Å². The number of imidazole rings is 1. The zero-order chi connectivity index (χ0) is 21.6. The van der Waals surface area contributed by atoms with Crippen molar-refractivity contribution in [2.24, 2.45) is 11.3 Å². The van der Waals surface area contributed by atoms with Crippen LogP contribution >= 0.6 is 11.6 Å². The van der Waals surface area contributed by atoms with Crippen molar-refractivity contribution in [2.75, 3.05) is 5.32 Å². The van der Waals surface area contributed by atoms with E-state index in [1.165, 1.54) is 13.8 Å². The number of carboxylic acids is 1. The summed E-state index contributed by atoms with van der Waals surface area (Å²) in [5.74, 6) is -2.51. The Labute approximate surface area is 177 Å². The standard InChI is InChI=1S/C20H23ClN4O5/c1-8-4-10(26)12-13(23-8)14-17(24-16(12)21)25(7-22-14)15-9-5-20(9,18(27)28)6-11(15)30-19(2,3)29/h7-9,11,15,23,29H,4-6H2,1-3H3,(H,27,28)/t8?,9-,11-,15?,20?/m1/s1. The smallest absolute Gasteiger partial charge is 0.310 e. The van der Waals surface area contributed by atoms with Crippen molar-refractivity contribution in [1.29, 1.82) is 0 Å². The van der Waals surface area contributed by atoms with Crippen LogP contribution in [0.3, 0.4) is 0 Å². The molecule has 3 unspecified atom stereocenters. The molecule has 0 saturated heterocycles. The zero-order valence-electron chi connectivity index (χ0n) is 16.8. The second-order valence-electron chi connectivity index (χ2n) is 9.22. The van der Waals surface area contributed by atoms with Crippen LogP contribution in [-0.2, 0) is 9.53 Å². The van der Waals surface area contributed by atoms with Crippen molar-refractivity contribution in [2.45, 2.75) is 64.0 Å². The van der Waals surface area contributed by atoms with E-state index in [0.717, 1.165) is 0 Å². The predicted octanol–water partition coefficient (Wildman–Crippen LogP) is 2.62. The van der Waals surface area contributed by atoms with Gasteiger partial charge in [0.2, 0.25) is 0 Å². The largest absolute Gasteiger partial charge is 0.481 e. The summed E-state index contributed by atoms with van der Waals surface area (Å²) >= 11 is 6.39. The zero-order valence-corrected chi connectivity index (χ0v) is 17.6. The molecular formula is C20H23ClN4O5. The van der Waals surface area contributed by atoms with Gasteiger partial charge in [0.25, 0.3) is 0 Å². The van der Waals surface area contributed by atoms with Crippen LogP contribution in [0, 0.1) is 11.3 Å². The summed E-state index contributed by atoms with van der Waals surface area (Å²) in [4.78, 5) is 33.4. The molecule has 160 valence electrons. The van der Waals surface area contributed by atoms with Gasteiger partial charge < -0.3 is 24.8 Å². The van der Waals surface area contributed by atoms with Gasteiger partial charge in [-0.3, -0.25) is 9.59 Å². The van der Waals surface area contributed by atoms with Crippen LogP contribution in [0.2, 0.25) is 5.15 Å². The average molecular weight is 435 g/mol. The first-order chi connectivity index (χ1) is 14.0. The molecule has 0 aromatic carbocycles. The highest BCUT2D eigenvalue weighted by Crippen LogP contribution is 2.68. The van der Waals surface area contributed by atoms with E-state index in [1.54, 1.807) is 10.9 Å². The lowest BCUT2D eigenvalue weighted by molar-refractivity contribution is -0.214. The Bertz CT molecular complexity index is 1090. The molecule has 5 rings (SSSR count). The van der Waals surface area contributed by atoms with Crippen LogP contribution in [0.4, 0.5) is 5.69 Å². The maximum Gasteiger partial charge on any atom is 0.310 e. The highest BCUT2D eigenvalue weighted by molar-refractivity contribution is 6.34. The van der Waals surface area contributed by atoms with Gasteiger partial charge in [-0.15, -0.1) is 0 Å². The van der Waals surface area contributed by atoms with Gasteiger partial charge in [0.1, 0.15) is 10.7 Å². The number of ether oxygens (including phenoxy) is 1. The average Bonchev–Trinajstić information content (AvgIpc) is 3.03. The number of carbonyl (C=O) groups excluding carboxylic acids is 1. The number of aromatic nitrogens is 3. The first-order valence-electron chi connectivity index (χ1n) is 10.0. The minimum Gasteiger partial charge on any atom is -0.481 e. The Hall–Kier alpha value is -2.23. The van der Waals surface area contributed by atoms with Crippen LogP contribution in [0.1, 0.15) is 56.4 Å². The topological polar surface area (TPSA) is 127 Å². The molecule has 0 spiro atoms. The molecule has 2 fully saturated rings. The van der Waals surface area contributed by atoms with Gasteiger partial charge in [0.15, 0.2) is 17.2 Å². The van der Waals surface area contributed by atoms with Crippen molar-refractivity contribution < 1.29 is 24.5 Å². The van der Waals surface area contributed by atoms with Gasteiger partial charge in [-0.2, -0.15) is 0 Å². The molecule has 0 amide bonds. The number of nitrogens with zero attached hydrogens (tertiary/aromatic N) is 3. The van der Waals surface area contributed by atoms with Crippen LogP contribution < -0.4 is 5.32 Å². The number of halogens is 1. The Morgan fingerprint density at radius 2 is 2.17 bits per heavy atom. The maximum absolute atomic E-state index is 12.5. The monoisotopic (exact) mass is 434 g/mol. The molecule has 0 radical (unpaired) electrons. The summed E-state index contributed by atoms with van der Waals surface area (Å²) in [5, 5.41) is 23.4. The quantitative estimate of drug-likeness (QED) is 0.495. The number of aliphatic carboxylic acids is 1. The molecule has 2 aromatic rings. The third kappa shape index (κ3) is 2.75. The van der Waals surface area contributed by atoms with E-state index in [0.29, 0.717) is 41.7 Å². The molecular weight excluding hydrogens is 412 g/mol. The third-order valence-corrected chi connectivity index (χ3v) is 6.78. The van der Waals surface area contributed by atoms with Gasteiger partial charge in [0.05, 0.1) is 35.1 Å². The van der Waals surface area contributed by atoms with Crippen molar-refractivity contribution in [1.82, 2.24) is 14.5 Å². The van der Waals surface area contributed by atoms with Crippen molar-refractivity contribution >= 4 is 40.2 Å². The molecule has 9 nitrogen and oxygen atoms in total. The van der Waals surface area contributed by atoms with Gasteiger partial charge in [-0.05, 0) is 39.5 Å². The van der Waals surface area contributed by atoms with E-state index >= 15 is 0 Å². The first kappa shape index (κ1) is 19.7. The number of nitrogens with one attached hydrogen (secondary N) is 1. The fourth-order valence-corrected chi connectivity index (χ4v) is 5.53. The summed E-state index contributed by atoms with van der Waals surface area (Å²) in [6.07, 6.45) is 2.23. The second-order valence-corrected chi connectivity index (χ2v) is 9.58. The van der Waals surface area contributed by atoms with E-state index in [2.05, 4.69) is 15.3 Å². The third-order valence-electron chi connectivity index (χ3n) is 6.51. The summed E-state index contributed by atoms with van der Waals surface area (Å²) in [5.41, 5.74) is 1.03. The Balaban J connectivity index is 1.64. The highest BCUT2D eigenvalue weighted by atomic mass is 35.5. The van der Waals surface area contributed by atoms with Gasteiger partial charge in [-0.1, -0.05) is 11.6 Å². The first-order valence-corrected chi connectivity index (χ1v) is 10.4. The van der Waals surface area contributed by atoms with Gasteiger partial charge in [0, 0.05) is 12.5 Å². The van der Waals surface area contributed by atoms with Crippen LogP contribution in [0.15, 0.2) is 6.33 Å². The number of ketones is 1. The molecule has 0 bridgehead atoms. The second kappa shape index (κ2) is 6.15. The SMILES string of the molecule is CC1CC(=O)c2c(Cl)nc3c(ncn3C3[C@H]4CC4(C(=O)O)C[C@H]3OC(C)(C)O)c2N1. The van der Waals surface area contributed by atoms with Gasteiger partial charge in [-0.25, -0.2) is 9.97 Å². The van der Waals surface area contributed by atoms with E-state index in [-0.39, 0.29) is 28.9 Å². The number of carbonyl (C=O) groups is 2. The lowest BCUT2D eigenvalue weighted by atomic mass is 9.99. The lowest BCUT2D eigenvalue weighted by Crippen LogP contribution is -2.35. The number of anilines is 1. The molecule has 5 atom stereocenters. The number of rotatable bonds is 4. The van der Waals surface area contributed by atoms with E-state index in [4.69, 9.17) is 16.3 Å². The minimum absolute atomic E-state index is 0.0577. The molecule has 2 aromatic heterocycles. The molecule has 2 saturated carbocycles.